The molecule has 16 heavy (non-hydrogen) atoms. The van der Waals surface area contributed by atoms with Crippen LogP contribution in [0.3, 0.4) is 0 Å². The topological polar surface area (TPSA) is 43.6 Å². The Bertz CT molecular complexity index is 286. The average Bonchev–Trinajstić information content (AvgIpc) is 2.67. The van der Waals surface area contributed by atoms with Gasteiger partial charge in [0.2, 0.25) is 0 Å². The van der Waals surface area contributed by atoms with Crippen LogP contribution in [-0.4, -0.2) is 33.0 Å². The Balaban J connectivity index is 2.10. The van der Waals surface area contributed by atoms with E-state index in [-0.39, 0.29) is 0 Å². The van der Waals surface area contributed by atoms with E-state index in [0.29, 0.717) is 25.9 Å². The predicted octanol–water partition coefficient (Wildman–Crippen LogP) is 1.73. The summed E-state index contributed by atoms with van der Waals surface area (Å²) in [6.07, 6.45) is 1.71. The first-order chi connectivity index (χ1) is 7.74. The first-order valence-corrected chi connectivity index (χ1v) is 5.57. The highest BCUT2D eigenvalue weighted by molar-refractivity contribution is 5.14. The first-order valence-electron chi connectivity index (χ1n) is 5.57. The van der Waals surface area contributed by atoms with Crippen molar-refractivity contribution in [1.82, 2.24) is 5.32 Å². The van der Waals surface area contributed by atoms with Crippen molar-refractivity contribution in [2.45, 2.75) is 26.4 Å². The lowest BCUT2D eigenvalue weighted by Crippen LogP contribution is -2.30. The van der Waals surface area contributed by atoms with Crippen molar-refractivity contribution in [3.8, 4) is 0 Å². The van der Waals surface area contributed by atoms with Crippen LogP contribution in [0.5, 0.6) is 0 Å². The number of rotatable bonds is 8. The van der Waals surface area contributed by atoms with Crippen LogP contribution in [0.4, 0.5) is 0 Å². The van der Waals surface area contributed by atoms with E-state index >= 15 is 0 Å². The molecule has 0 aliphatic carbocycles. The van der Waals surface area contributed by atoms with E-state index in [1.807, 2.05) is 13.0 Å². The Morgan fingerprint density at radius 3 is 2.88 bits per heavy atom. The second kappa shape index (κ2) is 7.44. The molecule has 4 heteroatoms. The van der Waals surface area contributed by atoms with Gasteiger partial charge in [-0.05, 0) is 25.5 Å². The van der Waals surface area contributed by atoms with Gasteiger partial charge in [0.1, 0.15) is 5.76 Å². The quantitative estimate of drug-likeness (QED) is 0.687. The molecule has 0 aliphatic rings. The Hall–Kier alpha value is -0.840. The number of methoxy groups -OCH3 is 1. The zero-order valence-electron chi connectivity index (χ0n) is 10.3. The van der Waals surface area contributed by atoms with Crippen LogP contribution in [0.15, 0.2) is 16.7 Å². The molecule has 1 rings (SSSR count). The van der Waals surface area contributed by atoms with Crippen molar-refractivity contribution >= 4 is 0 Å². The molecule has 1 atom stereocenters. The van der Waals surface area contributed by atoms with Gasteiger partial charge in [0.25, 0.3) is 0 Å². The normalized spacial score (nSPS) is 12.9. The van der Waals surface area contributed by atoms with Crippen molar-refractivity contribution in [3.05, 3.63) is 23.7 Å². The van der Waals surface area contributed by atoms with Gasteiger partial charge in [0.05, 0.1) is 32.6 Å². The summed E-state index contributed by atoms with van der Waals surface area (Å²) >= 11 is 0. The highest BCUT2D eigenvalue weighted by Crippen LogP contribution is 2.08. The van der Waals surface area contributed by atoms with Crippen molar-refractivity contribution in [2.24, 2.45) is 0 Å². The highest BCUT2D eigenvalue weighted by atomic mass is 16.5. The van der Waals surface area contributed by atoms with E-state index in [0.717, 1.165) is 12.3 Å². The molecule has 0 bridgehead atoms. The lowest BCUT2D eigenvalue weighted by Gasteiger charge is -2.13. The van der Waals surface area contributed by atoms with Crippen molar-refractivity contribution in [3.63, 3.8) is 0 Å². The molecule has 1 aromatic heterocycles. The lowest BCUT2D eigenvalue weighted by molar-refractivity contribution is 0.0606. The largest absolute Gasteiger partial charge is 0.468 e. The Morgan fingerprint density at radius 1 is 1.44 bits per heavy atom. The summed E-state index contributed by atoms with van der Waals surface area (Å²) in [6.45, 7) is 6.84. The molecule has 4 nitrogen and oxygen atoms in total. The molecule has 1 unspecified atom stereocenters. The number of hydrogen-bond acceptors (Lipinski definition) is 4. The average molecular weight is 227 g/mol. The van der Waals surface area contributed by atoms with Gasteiger partial charge < -0.3 is 19.2 Å². The van der Waals surface area contributed by atoms with Crippen LogP contribution in [0.25, 0.3) is 0 Å². The molecule has 0 aliphatic heterocycles. The highest BCUT2D eigenvalue weighted by Gasteiger charge is 2.05. The lowest BCUT2D eigenvalue weighted by atomic mass is 10.2. The zero-order chi connectivity index (χ0) is 11.8. The maximum atomic E-state index is 5.42. The second-order valence-electron chi connectivity index (χ2n) is 3.88. The molecule has 0 aromatic carbocycles. The van der Waals surface area contributed by atoms with Gasteiger partial charge >= 0.3 is 0 Å². The summed E-state index contributed by atoms with van der Waals surface area (Å²) in [5.41, 5.74) is 1.18. The van der Waals surface area contributed by atoms with Crippen molar-refractivity contribution < 1.29 is 13.9 Å². The molecule has 0 radical (unpaired) electrons. The van der Waals surface area contributed by atoms with Crippen LogP contribution < -0.4 is 5.32 Å². The van der Waals surface area contributed by atoms with Gasteiger partial charge in [-0.25, -0.2) is 0 Å². The standard InChI is InChI=1S/C12H21NO3/c1-10-4-5-16-12(10)8-13-11(2)9-15-7-6-14-3/h4-5,11,13H,6-9H2,1-3H3. The minimum absolute atomic E-state index is 0.307. The van der Waals surface area contributed by atoms with E-state index < -0.39 is 0 Å². The summed E-state index contributed by atoms with van der Waals surface area (Å²) in [6, 6.07) is 2.28. The van der Waals surface area contributed by atoms with E-state index in [2.05, 4.69) is 12.2 Å². The van der Waals surface area contributed by atoms with Gasteiger partial charge in [-0.2, -0.15) is 0 Å². The number of ether oxygens (including phenoxy) is 2. The van der Waals surface area contributed by atoms with Crippen LogP contribution >= 0.6 is 0 Å². The van der Waals surface area contributed by atoms with Crippen molar-refractivity contribution in [1.29, 1.82) is 0 Å². The van der Waals surface area contributed by atoms with Crippen molar-refractivity contribution in [2.75, 3.05) is 26.9 Å². The molecule has 1 N–H and O–H groups in total. The molecule has 0 spiro atoms. The fourth-order valence-electron chi connectivity index (χ4n) is 1.31. The fraction of sp³-hybridized carbons (Fsp3) is 0.667. The van der Waals surface area contributed by atoms with Gasteiger partial charge in [-0.1, -0.05) is 0 Å². The van der Waals surface area contributed by atoms with Gasteiger partial charge in [-0.3, -0.25) is 0 Å². The predicted molar refractivity (Wildman–Crippen MR) is 62.4 cm³/mol. The van der Waals surface area contributed by atoms with E-state index in [1.165, 1.54) is 5.56 Å². The number of hydrogen-bond donors (Lipinski definition) is 1. The minimum Gasteiger partial charge on any atom is -0.468 e. The molecule has 0 amide bonds. The van der Waals surface area contributed by atoms with Crippen LogP contribution in [0.1, 0.15) is 18.2 Å². The third kappa shape index (κ3) is 4.79. The molecule has 0 saturated carbocycles. The van der Waals surface area contributed by atoms with Gasteiger partial charge in [0.15, 0.2) is 0 Å². The number of furan rings is 1. The maximum Gasteiger partial charge on any atom is 0.120 e. The van der Waals surface area contributed by atoms with Crippen LogP contribution in [-0.2, 0) is 16.0 Å². The second-order valence-corrected chi connectivity index (χ2v) is 3.88. The van der Waals surface area contributed by atoms with Crippen LogP contribution in [0, 0.1) is 6.92 Å². The Labute approximate surface area is 96.9 Å². The number of aryl methyl sites for hydroxylation is 1. The monoisotopic (exact) mass is 227 g/mol. The molecule has 92 valence electrons. The molecular weight excluding hydrogens is 206 g/mol. The fourth-order valence-corrected chi connectivity index (χ4v) is 1.31. The minimum atomic E-state index is 0.307. The van der Waals surface area contributed by atoms with Crippen LogP contribution in [0.2, 0.25) is 0 Å². The zero-order valence-corrected chi connectivity index (χ0v) is 10.3. The SMILES string of the molecule is COCCOCC(C)NCc1occc1C. The van der Waals surface area contributed by atoms with E-state index in [1.54, 1.807) is 13.4 Å². The number of nitrogens with one attached hydrogen (secondary N) is 1. The van der Waals surface area contributed by atoms with Gasteiger partial charge in [-0.15, -0.1) is 0 Å². The Kier molecular flexibility index (Phi) is 6.15. The molecule has 1 aromatic rings. The summed E-state index contributed by atoms with van der Waals surface area (Å²) in [5, 5.41) is 3.34. The molecule has 1 heterocycles. The molecule has 0 fully saturated rings. The Morgan fingerprint density at radius 2 is 2.25 bits per heavy atom. The maximum absolute atomic E-state index is 5.42. The summed E-state index contributed by atoms with van der Waals surface area (Å²) in [5.74, 6) is 0.990. The van der Waals surface area contributed by atoms with E-state index in [9.17, 15) is 0 Å². The van der Waals surface area contributed by atoms with Gasteiger partial charge in [0, 0.05) is 13.2 Å². The molecule has 0 saturated heterocycles. The smallest absolute Gasteiger partial charge is 0.120 e. The van der Waals surface area contributed by atoms with E-state index in [4.69, 9.17) is 13.9 Å². The third-order valence-corrected chi connectivity index (χ3v) is 2.38. The summed E-state index contributed by atoms with van der Waals surface area (Å²) in [4.78, 5) is 0. The summed E-state index contributed by atoms with van der Waals surface area (Å²) in [7, 11) is 1.67. The summed E-state index contributed by atoms with van der Waals surface area (Å²) < 4.78 is 15.7. The third-order valence-electron chi connectivity index (χ3n) is 2.38. The molecular formula is C12H21NO3. The first kappa shape index (κ1) is 13.2.